The van der Waals surface area contributed by atoms with Crippen molar-refractivity contribution in [3.05, 3.63) is 23.8 Å². The quantitative estimate of drug-likeness (QED) is 0.629. The molecule has 0 saturated carbocycles. The molecule has 1 aliphatic rings. The van der Waals surface area contributed by atoms with E-state index in [0.717, 1.165) is 0 Å². The van der Waals surface area contributed by atoms with Gasteiger partial charge in [-0.3, -0.25) is 4.79 Å². The van der Waals surface area contributed by atoms with Gasteiger partial charge in [-0.15, -0.1) is 0 Å². The van der Waals surface area contributed by atoms with Gasteiger partial charge in [0.15, 0.2) is 0 Å². The molecular formula is C10H10O5. The highest BCUT2D eigenvalue weighted by molar-refractivity contribution is 5.72. The summed E-state index contributed by atoms with van der Waals surface area (Å²) < 4.78 is 5.17. The Morgan fingerprint density at radius 2 is 2.20 bits per heavy atom. The van der Waals surface area contributed by atoms with Crippen molar-refractivity contribution >= 4 is 5.97 Å². The Balaban J connectivity index is 2.40. The van der Waals surface area contributed by atoms with E-state index in [0.29, 0.717) is 11.3 Å². The monoisotopic (exact) mass is 210 g/mol. The number of phenolic OH excluding ortho intramolecular Hbond substituents is 1. The minimum absolute atomic E-state index is 0.0255. The fourth-order valence-electron chi connectivity index (χ4n) is 1.59. The summed E-state index contributed by atoms with van der Waals surface area (Å²) in [7, 11) is 0. The minimum Gasteiger partial charge on any atom is -0.508 e. The normalized spacial score (nSPS) is 24.1. The number of carboxylic acid groups (broad SMARTS) is 1. The highest BCUT2D eigenvalue weighted by Crippen LogP contribution is 2.37. The van der Waals surface area contributed by atoms with Crippen LogP contribution in [0, 0.1) is 5.92 Å². The molecule has 0 aromatic heterocycles. The number of aromatic hydroxyl groups is 1. The molecule has 0 spiro atoms. The highest BCUT2D eigenvalue weighted by atomic mass is 16.5. The first-order chi connectivity index (χ1) is 7.09. The van der Waals surface area contributed by atoms with E-state index in [1.807, 2.05) is 0 Å². The first kappa shape index (κ1) is 9.79. The van der Waals surface area contributed by atoms with Crippen molar-refractivity contribution < 1.29 is 24.9 Å². The standard InChI is InChI=1S/C10H10O5/c11-5-1-2-8-6(3-5)9(12)7(4-15-8)10(13)14/h1-3,7,9,11-12H,4H2,(H,13,14). The molecule has 2 atom stereocenters. The van der Waals surface area contributed by atoms with Crippen LogP contribution in [-0.2, 0) is 4.79 Å². The Hall–Kier alpha value is -1.75. The van der Waals surface area contributed by atoms with Gasteiger partial charge in [0, 0.05) is 5.56 Å². The van der Waals surface area contributed by atoms with E-state index in [9.17, 15) is 15.0 Å². The van der Waals surface area contributed by atoms with Crippen LogP contribution in [0.4, 0.5) is 0 Å². The van der Waals surface area contributed by atoms with Crippen molar-refractivity contribution in [3.63, 3.8) is 0 Å². The number of phenols is 1. The summed E-state index contributed by atoms with van der Waals surface area (Å²) in [6.07, 6.45) is -1.14. The topological polar surface area (TPSA) is 87.0 Å². The third-order valence-electron chi connectivity index (χ3n) is 2.43. The number of carbonyl (C=O) groups is 1. The van der Waals surface area contributed by atoms with Gasteiger partial charge in [0.05, 0.1) is 6.10 Å². The summed E-state index contributed by atoms with van der Waals surface area (Å²) in [5, 5.41) is 27.8. The summed E-state index contributed by atoms with van der Waals surface area (Å²) in [5.41, 5.74) is 0.314. The molecule has 5 heteroatoms. The summed E-state index contributed by atoms with van der Waals surface area (Å²) in [6.45, 7) is -0.0612. The number of ether oxygens (including phenoxy) is 1. The zero-order valence-corrected chi connectivity index (χ0v) is 7.75. The summed E-state index contributed by atoms with van der Waals surface area (Å²) >= 11 is 0. The third kappa shape index (κ3) is 1.61. The number of carboxylic acids is 1. The van der Waals surface area contributed by atoms with Crippen molar-refractivity contribution in [2.45, 2.75) is 6.10 Å². The molecule has 0 aliphatic carbocycles. The van der Waals surface area contributed by atoms with E-state index in [2.05, 4.69) is 0 Å². The van der Waals surface area contributed by atoms with Gasteiger partial charge in [-0.2, -0.15) is 0 Å². The second-order valence-electron chi connectivity index (χ2n) is 3.42. The molecule has 1 aliphatic heterocycles. The van der Waals surface area contributed by atoms with Crippen LogP contribution < -0.4 is 4.74 Å². The van der Waals surface area contributed by atoms with Crippen molar-refractivity contribution in [2.24, 2.45) is 5.92 Å². The lowest BCUT2D eigenvalue weighted by Gasteiger charge is -2.27. The van der Waals surface area contributed by atoms with Gasteiger partial charge < -0.3 is 20.1 Å². The largest absolute Gasteiger partial charge is 0.508 e. The molecule has 0 amide bonds. The molecule has 5 nitrogen and oxygen atoms in total. The maximum absolute atomic E-state index is 10.8. The van der Waals surface area contributed by atoms with Gasteiger partial charge in [0.25, 0.3) is 0 Å². The van der Waals surface area contributed by atoms with Gasteiger partial charge in [-0.05, 0) is 18.2 Å². The number of fused-ring (bicyclic) bond motifs is 1. The van der Waals surface area contributed by atoms with Crippen molar-refractivity contribution in [1.29, 1.82) is 0 Å². The molecule has 80 valence electrons. The summed E-state index contributed by atoms with van der Waals surface area (Å²) in [4.78, 5) is 10.8. The zero-order chi connectivity index (χ0) is 11.0. The SMILES string of the molecule is O=C(O)C1COc2ccc(O)cc2C1O. The van der Waals surface area contributed by atoms with Crippen LogP contribution in [0.1, 0.15) is 11.7 Å². The summed E-state index contributed by atoms with van der Waals surface area (Å²) in [6, 6.07) is 4.24. The van der Waals surface area contributed by atoms with Gasteiger partial charge in [0.2, 0.25) is 0 Å². The average molecular weight is 210 g/mol. The van der Waals surface area contributed by atoms with Crippen molar-refractivity contribution in [2.75, 3.05) is 6.61 Å². The van der Waals surface area contributed by atoms with E-state index in [4.69, 9.17) is 9.84 Å². The van der Waals surface area contributed by atoms with Crippen LogP contribution in [0.5, 0.6) is 11.5 Å². The van der Waals surface area contributed by atoms with Gasteiger partial charge >= 0.3 is 5.97 Å². The van der Waals surface area contributed by atoms with E-state index in [1.54, 1.807) is 0 Å². The minimum atomic E-state index is -1.14. The van der Waals surface area contributed by atoms with Gasteiger partial charge in [0.1, 0.15) is 24.0 Å². The number of aliphatic hydroxyl groups is 1. The summed E-state index contributed by atoms with van der Waals surface area (Å²) in [5.74, 6) is -1.71. The Morgan fingerprint density at radius 3 is 2.87 bits per heavy atom. The second-order valence-corrected chi connectivity index (χ2v) is 3.42. The third-order valence-corrected chi connectivity index (χ3v) is 2.43. The molecule has 1 heterocycles. The lowest BCUT2D eigenvalue weighted by molar-refractivity contribution is -0.148. The molecule has 15 heavy (non-hydrogen) atoms. The molecule has 0 bridgehead atoms. The highest BCUT2D eigenvalue weighted by Gasteiger charge is 2.34. The lowest BCUT2D eigenvalue weighted by atomic mass is 9.93. The van der Waals surface area contributed by atoms with Crippen LogP contribution in [0.2, 0.25) is 0 Å². The van der Waals surface area contributed by atoms with E-state index in [1.165, 1.54) is 18.2 Å². The van der Waals surface area contributed by atoms with E-state index >= 15 is 0 Å². The molecule has 3 N–H and O–H groups in total. The molecular weight excluding hydrogens is 200 g/mol. The first-order valence-electron chi connectivity index (χ1n) is 4.46. The molecule has 2 unspecified atom stereocenters. The van der Waals surface area contributed by atoms with Crippen LogP contribution >= 0.6 is 0 Å². The number of aliphatic carboxylic acids is 1. The second kappa shape index (κ2) is 3.43. The number of hydrogen-bond donors (Lipinski definition) is 3. The predicted molar refractivity (Wildman–Crippen MR) is 49.7 cm³/mol. The Bertz CT molecular complexity index is 401. The molecule has 0 saturated heterocycles. The van der Waals surface area contributed by atoms with E-state index in [-0.39, 0.29) is 12.4 Å². The zero-order valence-electron chi connectivity index (χ0n) is 7.75. The van der Waals surface area contributed by atoms with Crippen molar-refractivity contribution in [1.82, 2.24) is 0 Å². The van der Waals surface area contributed by atoms with E-state index < -0.39 is 18.0 Å². The average Bonchev–Trinajstić information content (AvgIpc) is 2.19. The Kier molecular flexibility index (Phi) is 2.24. The van der Waals surface area contributed by atoms with Crippen LogP contribution in [0.15, 0.2) is 18.2 Å². The predicted octanol–water partition coefficient (Wildman–Crippen LogP) is 0.519. The maximum atomic E-state index is 10.8. The molecule has 1 aromatic rings. The molecule has 0 fully saturated rings. The van der Waals surface area contributed by atoms with Gasteiger partial charge in [-0.25, -0.2) is 0 Å². The number of aliphatic hydroxyl groups excluding tert-OH is 1. The first-order valence-corrected chi connectivity index (χ1v) is 4.46. The maximum Gasteiger partial charge on any atom is 0.313 e. The molecule has 0 radical (unpaired) electrons. The number of rotatable bonds is 1. The fraction of sp³-hybridized carbons (Fsp3) is 0.300. The molecule has 2 rings (SSSR count). The fourth-order valence-corrected chi connectivity index (χ4v) is 1.59. The molecule has 1 aromatic carbocycles. The van der Waals surface area contributed by atoms with Crippen LogP contribution in [-0.4, -0.2) is 27.9 Å². The number of hydrogen-bond acceptors (Lipinski definition) is 4. The van der Waals surface area contributed by atoms with Crippen LogP contribution in [0.3, 0.4) is 0 Å². The van der Waals surface area contributed by atoms with Crippen LogP contribution in [0.25, 0.3) is 0 Å². The number of benzene rings is 1. The van der Waals surface area contributed by atoms with Gasteiger partial charge in [-0.1, -0.05) is 0 Å². The Labute approximate surface area is 85.5 Å². The Morgan fingerprint density at radius 1 is 1.47 bits per heavy atom. The smallest absolute Gasteiger partial charge is 0.313 e. The van der Waals surface area contributed by atoms with Crippen molar-refractivity contribution in [3.8, 4) is 11.5 Å². The lowest BCUT2D eigenvalue weighted by Crippen LogP contribution is -2.32.